The third-order valence-corrected chi connectivity index (χ3v) is 2.70. The number of carbonyl (C=O) groups is 1. The van der Waals surface area contributed by atoms with E-state index in [2.05, 4.69) is 11.4 Å². The van der Waals surface area contributed by atoms with Crippen LogP contribution >= 0.6 is 0 Å². The maximum absolute atomic E-state index is 11.7. The Labute approximate surface area is 114 Å². The smallest absolute Gasteiger partial charge is 0.408 e. The van der Waals surface area contributed by atoms with Gasteiger partial charge < -0.3 is 10.1 Å². The van der Waals surface area contributed by atoms with E-state index in [0.717, 1.165) is 11.1 Å². The van der Waals surface area contributed by atoms with Crippen molar-refractivity contribution in [1.29, 1.82) is 5.26 Å². The van der Waals surface area contributed by atoms with Crippen LogP contribution in [0.15, 0.2) is 18.2 Å². The van der Waals surface area contributed by atoms with Crippen molar-refractivity contribution in [1.82, 2.24) is 5.32 Å². The lowest BCUT2D eigenvalue weighted by Crippen LogP contribution is -2.34. The minimum atomic E-state index is -0.520. The molecule has 1 aromatic rings. The Morgan fingerprint density at radius 2 is 2.05 bits per heavy atom. The molecule has 4 nitrogen and oxygen atoms in total. The summed E-state index contributed by atoms with van der Waals surface area (Å²) in [6, 6.07) is 7.41. The number of carbonyl (C=O) groups excluding carboxylic acids is 1. The number of benzene rings is 1. The second-order valence-corrected chi connectivity index (χ2v) is 5.50. The van der Waals surface area contributed by atoms with Gasteiger partial charge in [0.1, 0.15) is 5.60 Å². The molecule has 102 valence electrons. The molecular weight excluding hydrogens is 240 g/mol. The quantitative estimate of drug-likeness (QED) is 0.885. The van der Waals surface area contributed by atoms with Gasteiger partial charge in [0.2, 0.25) is 0 Å². The summed E-state index contributed by atoms with van der Waals surface area (Å²) in [5, 5.41) is 11.8. The number of alkyl carbamates (subject to hydrolysis) is 1. The lowest BCUT2D eigenvalue weighted by atomic mass is 9.98. The second-order valence-electron chi connectivity index (χ2n) is 5.50. The van der Waals surface area contributed by atoms with E-state index < -0.39 is 11.7 Å². The molecule has 1 atom stereocenters. The van der Waals surface area contributed by atoms with Crippen molar-refractivity contribution < 1.29 is 9.53 Å². The molecule has 1 aromatic carbocycles. The first-order chi connectivity index (χ1) is 8.74. The lowest BCUT2D eigenvalue weighted by molar-refractivity contribution is 0.0508. The van der Waals surface area contributed by atoms with Gasteiger partial charge >= 0.3 is 6.09 Å². The average Bonchev–Trinajstić information content (AvgIpc) is 2.26. The molecule has 0 spiro atoms. The number of rotatable bonds is 2. The van der Waals surface area contributed by atoms with E-state index in [1.807, 2.05) is 46.8 Å². The third-order valence-electron chi connectivity index (χ3n) is 2.70. The van der Waals surface area contributed by atoms with Gasteiger partial charge in [-0.1, -0.05) is 12.1 Å². The fraction of sp³-hybridized carbons (Fsp3) is 0.467. The summed E-state index contributed by atoms with van der Waals surface area (Å²) in [5.74, 6) is 0. The summed E-state index contributed by atoms with van der Waals surface area (Å²) in [6.07, 6.45) is -0.457. The van der Waals surface area contributed by atoms with Crippen molar-refractivity contribution in [2.24, 2.45) is 0 Å². The Hall–Kier alpha value is -2.02. The second kappa shape index (κ2) is 5.75. The minimum absolute atomic E-state index is 0.205. The largest absolute Gasteiger partial charge is 0.444 e. The summed E-state index contributed by atoms with van der Waals surface area (Å²) >= 11 is 0. The molecule has 0 saturated carbocycles. The predicted molar refractivity (Wildman–Crippen MR) is 73.7 cm³/mol. The Morgan fingerprint density at radius 1 is 1.42 bits per heavy atom. The molecule has 0 aliphatic carbocycles. The van der Waals surface area contributed by atoms with Gasteiger partial charge in [0.05, 0.1) is 17.7 Å². The molecule has 0 bridgehead atoms. The topological polar surface area (TPSA) is 62.1 Å². The molecule has 1 rings (SSSR count). The van der Waals surface area contributed by atoms with Crippen molar-refractivity contribution in [2.75, 3.05) is 0 Å². The van der Waals surface area contributed by atoms with Gasteiger partial charge in [0, 0.05) is 0 Å². The number of amides is 1. The number of hydrogen-bond acceptors (Lipinski definition) is 3. The van der Waals surface area contributed by atoms with Gasteiger partial charge in [-0.05, 0) is 51.8 Å². The number of ether oxygens (including phenoxy) is 1. The van der Waals surface area contributed by atoms with Crippen LogP contribution in [0.4, 0.5) is 4.79 Å². The Morgan fingerprint density at radius 3 is 2.58 bits per heavy atom. The van der Waals surface area contributed by atoms with E-state index in [-0.39, 0.29) is 6.04 Å². The highest BCUT2D eigenvalue weighted by atomic mass is 16.6. The molecule has 0 aliphatic heterocycles. The summed E-state index contributed by atoms with van der Waals surface area (Å²) < 4.78 is 5.21. The van der Waals surface area contributed by atoms with Crippen LogP contribution in [0.25, 0.3) is 0 Å². The number of nitriles is 1. The van der Waals surface area contributed by atoms with Gasteiger partial charge in [0.25, 0.3) is 0 Å². The highest BCUT2D eigenvalue weighted by Gasteiger charge is 2.19. The summed E-state index contributed by atoms with van der Waals surface area (Å²) in [6.45, 7) is 9.20. The molecule has 1 N–H and O–H groups in total. The fourth-order valence-corrected chi connectivity index (χ4v) is 1.81. The highest BCUT2D eigenvalue weighted by Crippen LogP contribution is 2.20. The van der Waals surface area contributed by atoms with Gasteiger partial charge in [-0.2, -0.15) is 5.26 Å². The fourth-order valence-electron chi connectivity index (χ4n) is 1.81. The monoisotopic (exact) mass is 260 g/mol. The van der Waals surface area contributed by atoms with E-state index in [0.29, 0.717) is 5.56 Å². The third kappa shape index (κ3) is 4.29. The first kappa shape index (κ1) is 15.0. The molecule has 0 heterocycles. The van der Waals surface area contributed by atoms with Gasteiger partial charge in [0.15, 0.2) is 0 Å². The summed E-state index contributed by atoms with van der Waals surface area (Å²) in [5.41, 5.74) is 1.90. The SMILES string of the molecule is Cc1c(C#N)cccc1C(C)NC(=O)OC(C)(C)C. The average molecular weight is 260 g/mol. The zero-order chi connectivity index (χ0) is 14.6. The van der Waals surface area contributed by atoms with Crippen molar-refractivity contribution in [3.8, 4) is 6.07 Å². The van der Waals surface area contributed by atoms with Crippen LogP contribution in [0.2, 0.25) is 0 Å². The van der Waals surface area contributed by atoms with E-state index in [1.165, 1.54) is 0 Å². The maximum Gasteiger partial charge on any atom is 0.408 e. The summed E-state index contributed by atoms with van der Waals surface area (Å²) in [4.78, 5) is 11.7. The first-order valence-electron chi connectivity index (χ1n) is 6.23. The van der Waals surface area contributed by atoms with E-state index in [9.17, 15) is 4.79 Å². The van der Waals surface area contributed by atoms with Crippen LogP contribution in [0.1, 0.15) is 50.4 Å². The molecule has 0 aliphatic rings. The Balaban J connectivity index is 2.82. The predicted octanol–water partition coefficient (Wildman–Crippen LogP) is 3.45. The Kier molecular flexibility index (Phi) is 4.55. The normalized spacial score (nSPS) is 12.4. The van der Waals surface area contributed by atoms with Gasteiger partial charge in [-0.15, -0.1) is 0 Å². The molecule has 4 heteroatoms. The minimum Gasteiger partial charge on any atom is -0.444 e. The number of hydrogen-bond donors (Lipinski definition) is 1. The number of nitrogens with one attached hydrogen (secondary N) is 1. The van der Waals surface area contributed by atoms with Crippen molar-refractivity contribution in [2.45, 2.75) is 46.3 Å². The van der Waals surface area contributed by atoms with Gasteiger partial charge in [-0.3, -0.25) is 0 Å². The molecule has 1 amide bonds. The van der Waals surface area contributed by atoms with Gasteiger partial charge in [-0.25, -0.2) is 4.79 Å². The van der Waals surface area contributed by atoms with E-state index in [4.69, 9.17) is 10.00 Å². The van der Waals surface area contributed by atoms with Crippen LogP contribution in [-0.2, 0) is 4.74 Å². The number of nitrogens with zero attached hydrogens (tertiary/aromatic N) is 1. The van der Waals surface area contributed by atoms with Crippen LogP contribution in [-0.4, -0.2) is 11.7 Å². The van der Waals surface area contributed by atoms with Crippen LogP contribution in [0.3, 0.4) is 0 Å². The van der Waals surface area contributed by atoms with Crippen molar-refractivity contribution in [3.63, 3.8) is 0 Å². The first-order valence-corrected chi connectivity index (χ1v) is 6.23. The van der Waals surface area contributed by atoms with Crippen molar-refractivity contribution >= 4 is 6.09 Å². The highest BCUT2D eigenvalue weighted by molar-refractivity contribution is 5.68. The molecule has 0 radical (unpaired) electrons. The molecule has 0 aromatic heterocycles. The lowest BCUT2D eigenvalue weighted by Gasteiger charge is -2.23. The van der Waals surface area contributed by atoms with Crippen LogP contribution < -0.4 is 5.32 Å². The standard InChI is InChI=1S/C15H20N2O2/c1-10-12(9-16)7-6-8-13(10)11(2)17-14(18)19-15(3,4)5/h6-8,11H,1-5H3,(H,17,18). The molecule has 0 saturated heterocycles. The molecule has 1 unspecified atom stereocenters. The molecule has 0 fully saturated rings. The van der Waals surface area contributed by atoms with E-state index >= 15 is 0 Å². The molecule has 19 heavy (non-hydrogen) atoms. The van der Waals surface area contributed by atoms with Crippen molar-refractivity contribution in [3.05, 3.63) is 34.9 Å². The summed E-state index contributed by atoms with van der Waals surface area (Å²) in [7, 11) is 0. The zero-order valence-corrected chi connectivity index (χ0v) is 12.1. The Bertz CT molecular complexity index is 510. The molecular formula is C15H20N2O2. The van der Waals surface area contributed by atoms with Crippen LogP contribution in [0.5, 0.6) is 0 Å². The van der Waals surface area contributed by atoms with E-state index in [1.54, 1.807) is 6.07 Å². The maximum atomic E-state index is 11.7. The van der Waals surface area contributed by atoms with Crippen LogP contribution in [0, 0.1) is 18.3 Å². The zero-order valence-electron chi connectivity index (χ0n) is 12.1.